The number of allylic oxidation sites excluding steroid dienone is 1. The number of carbonyl (C=O) groups is 2. The highest BCUT2D eigenvalue weighted by molar-refractivity contribution is 7.90. The molecule has 24 heavy (non-hydrogen) atoms. The first-order chi connectivity index (χ1) is 10.9. The molecule has 0 radical (unpaired) electrons. The van der Waals surface area contributed by atoms with Gasteiger partial charge in [0, 0.05) is 6.26 Å². The number of carboxylic acids is 2. The number of aliphatic carboxylic acids is 2. The number of carboxylic acid groups (broad SMARTS) is 2. The number of halogens is 1. The molecular formula is C16H17ClO6S. The lowest BCUT2D eigenvalue weighted by Crippen LogP contribution is -2.49. The lowest BCUT2D eigenvalue weighted by molar-refractivity contribution is -0.151. The molecule has 130 valence electrons. The molecule has 0 aromatic heterocycles. The second-order valence-corrected chi connectivity index (χ2v) is 8.72. The summed E-state index contributed by atoms with van der Waals surface area (Å²) in [6.45, 7) is 1.40. The van der Waals surface area contributed by atoms with Crippen molar-refractivity contribution in [2.75, 3.05) is 6.26 Å². The van der Waals surface area contributed by atoms with E-state index in [1.165, 1.54) is 43.3 Å². The fraction of sp³-hybridized carbons (Fsp3) is 0.375. The van der Waals surface area contributed by atoms with Gasteiger partial charge >= 0.3 is 11.9 Å². The van der Waals surface area contributed by atoms with Gasteiger partial charge < -0.3 is 10.2 Å². The Kier molecular flexibility index (Phi) is 4.54. The molecule has 0 spiro atoms. The SMILES string of the molecule is CC1(C(=O)O)CC(C(=O)O)(c2ccc(S(C)(=O)=O)cc2)C=CC1Cl. The molecule has 0 saturated carbocycles. The van der Waals surface area contributed by atoms with Crippen molar-refractivity contribution in [2.24, 2.45) is 5.41 Å². The van der Waals surface area contributed by atoms with Crippen LogP contribution in [0.1, 0.15) is 18.9 Å². The van der Waals surface area contributed by atoms with Crippen LogP contribution in [0.2, 0.25) is 0 Å². The molecule has 1 aliphatic rings. The van der Waals surface area contributed by atoms with Crippen LogP contribution in [0.15, 0.2) is 41.3 Å². The van der Waals surface area contributed by atoms with Crippen LogP contribution >= 0.6 is 11.6 Å². The predicted molar refractivity (Wildman–Crippen MR) is 88.0 cm³/mol. The minimum absolute atomic E-state index is 0.0581. The molecule has 0 amide bonds. The van der Waals surface area contributed by atoms with Gasteiger partial charge in [-0.2, -0.15) is 0 Å². The van der Waals surface area contributed by atoms with Crippen molar-refractivity contribution in [3.8, 4) is 0 Å². The Morgan fingerprint density at radius 2 is 1.71 bits per heavy atom. The third kappa shape index (κ3) is 2.93. The predicted octanol–water partition coefficient (Wildman–Crippen LogP) is 2.07. The average Bonchev–Trinajstić information content (AvgIpc) is 2.49. The molecule has 8 heteroatoms. The maximum atomic E-state index is 12.0. The van der Waals surface area contributed by atoms with Crippen molar-refractivity contribution in [1.29, 1.82) is 0 Å². The van der Waals surface area contributed by atoms with Crippen molar-refractivity contribution < 1.29 is 28.2 Å². The molecule has 1 aliphatic carbocycles. The maximum absolute atomic E-state index is 12.0. The van der Waals surface area contributed by atoms with E-state index in [9.17, 15) is 28.2 Å². The van der Waals surface area contributed by atoms with E-state index in [0.29, 0.717) is 5.56 Å². The van der Waals surface area contributed by atoms with Gasteiger partial charge in [-0.15, -0.1) is 11.6 Å². The number of sulfone groups is 1. The van der Waals surface area contributed by atoms with E-state index in [2.05, 4.69) is 0 Å². The van der Waals surface area contributed by atoms with E-state index >= 15 is 0 Å². The van der Waals surface area contributed by atoms with Gasteiger partial charge in [-0.25, -0.2) is 8.42 Å². The van der Waals surface area contributed by atoms with Crippen LogP contribution < -0.4 is 0 Å². The summed E-state index contributed by atoms with van der Waals surface area (Å²) >= 11 is 6.08. The number of hydrogen-bond acceptors (Lipinski definition) is 4. The van der Waals surface area contributed by atoms with E-state index in [4.69, 9.17) is 11.6 Å². The first kappa shape index (κ1) is 18.5. The van der Waals surface area contributed by atoms with E-state index in [-0.39, 0.29) is 11.3 Å². The summed E-state index contributed by atoms with van der Waals surface area (Å²) in [5, 5.41) is 18.4. The fourth-order valence-corrected chi connectivity index (χ4v) is 3.73. The molecule has 6 nitrogen and oxygen atoms in total. The van der Waals surface area contributed by atoms with Gasteiger partial charge in [0.2, 0.25) is 0 Å². The van der Waals surface area contributed by atoms with Crippen molar-refractivity contribution in [1.82, 2.24) is 0 Å². The molecular weight excluding hydrogens is 356 g/mol. The molecule has 0 bridgehead atoms. The zero-order valence-corrected chi connectivity index (χ0v) is 14.6. The van der Waals surface area contributed by atoms with Crippen molar-refractivity contribution in [3.05, 3.63) is 42.0 Å². The summed E-state index contributed by atoms with van der Waals surface area (Å²) in [6, 6.07) is 5.42. The number of benzene rings is 1. The van der Waals surface area contributed by atoms with Crippen LogP contribution in [0.4, 0.5) is 0 Å². The monoisotopic (exact) mass is 372 g/mol. The molecule has 0 heterocycles. The average molecular weight is 373 g/mol. The van der Waals surface area contributed by atoms with Gasteiger partial charge in [0.1, 0.15) is 5.41 Å². The molecule has 2 N–H and O–H groups in total. The normalized spacial score (nSPS) is 30.0. The zero-order valence-electron chi connectivity index (χ0n) is 13.1. The summed E-state index contributed by atoms with van der Waals surface area (Å²) < 4.78 is 23.1. The van der Waals surface area contributed by atoms with Gasteiger partial charge in [-0.3, -0.25) is 9.59 Å². The molecule has 0 saturated heterocycles. The summed E-state index contributed by atoms with van der Waals surface area (Å²) in [5.74, 6) is -2.41. The first-order valence-electron chi connectivity index (χ1n) is 7.04. The number of rotatable bonds is 4. The minimum Gasteiger partial charge on any atom is -0.481 e. The zero-order chi connectivity index (χ0) is 18.3. The summed E-state index contributed by atoms with van der Waals surface area (Å²) in [5.41, 5.74) is -2.76. The van der Waals surface area contributed by atoms with E-state index < -0.39 is 38.0 Å². The van der Waals surface area contributed by atoms with Gasteiger partial charge in [0.05, 0.1) is 15.7 Å². The Morgan fingerprint density at radius 3 is 2.12 bits per heavy atom. The third-order valence-corrected chi connectivity index (χ3v) is 6.23. The minimum atomic E-state index is -3.42. The van der Waals surface area contributed by atoms with Crippen molar-refractivity contribution in [3.63, 3.8) is 0 Å². The first-order valence-corrected chi connectivity index (χ1v) is 9.37. The van der Waals surface area contributed by atoms with Crippen LogP contribution in [-0.4, -0.2) is 42.2 Å². The van der Waals surface area contributed by atoms with E-state index in [0.717, 1.165) is 6.26 Å². The van der Waals surface area contributed by atoms with Gasteiger partial charge in [-0.05, 0) is 31.0 Å². The Labute approximate surface area is 144 Å². The van der Waals surface area contributed by atoms with Crippen LogP contribution in [0.25, 0.3) is 0 Å². The van der Waals surface area contributed by atoms with E-state index in [1.54, 1.807) is 0 Å². The standard InChI is InChI=1S/C16H17ClO6S/c1-15(13(18)19)9-16(14(20)21,8-7-12(15)17)10-3-5-11(6-4-10)24(2,22)23/h3-8,12H,9H2,1-2H3,(H,18,19)(H,20,21). The largest absolute Gasteiger partial charge is 0.481 e. The molecule has 1 aromatic rings. The summed E-state index contributed by atoms with van der Waals surface area (Å²) in [6.07, 6.45) is 3.56. The second kappa shape index (κ2) is 5.89. The highest BCUT2D eigenvalue weighted by Gasteiger charge is 2.53. The highest BCUT2D eigenvalue weighted by Crippen LogP contribution is 2.47. The summed E-state index contributed by atoms with van der Waals surface area (Å²) in [7, 11) is -3.42. The fourth-order valence-electron chi connectivity index (χ4n) is 2.86. The van der Waals surface area contributed by atoms with Gasteiger partial charge in [0.15, 0.2) is 9.84 Å². The molecule has 2 rings (SSSR count). The highest BCUT2D eigenvalue weighted by atomic mass is 35.5. The Morgan fingerprint density at radius 1 is 1.17 bits per heavy atom. The Balaban J connectivity index is 2.60. The summed E-state index contributed by atoms with van der Waals surface area (Å²) in [4.78, 5) is 23.7. The molecule has 0 aliphatic heterocycles. The molecule has 1 aromatic carbocycles. The smallest absolute Gasteiger partial charge is 0.318 e. The quantitative estimate of drug-likeness (QED) is 0.618. The second-order valence-electron chi connectivity index (χ2n) is 6.23. The molecule has 3 unspecified atom stereocenters. The van der Waals surface area contributed by atoms with Crippen LogP contribution in [0.3, 0.4) is 0 Å². The molecule has 0 fully saturated rings. The van der Waals surface area contributed by atoms with Crippen LogP contribution in [-0.2, 0) is 24.8 Å². The number of hydrogen-bond donors (Lipinski definition) is 2. The lowest BCUT2D eigenvalue weighted by Gasteiger charge is -2.40. The lowest BCUT2D eigenvalue weighted by atomic mass is 9.63. The van der Waals surface area contributed by atoms with Crippen molar-refractivity contribution >= 4 is 33.4 Å². The van der Waals surface area contributed by atoms with Crippen LogP contribution in [0, 0.1) is 5.41 Å². The van der Waals surface area contributed by atoms with Crippen molar-refractivity contribution in [2.45, 2.75) is 29.0 Å². The van der Waals surface area contributed by atoms with Gasteiger partial charge in [-0.1, -0.05) is 24.3 Å². The molecule has 3 atom stereocenters. The van der Waals surface area contributed by atoms with E-state index in [1.807, 2.05) is 0 Å². The Bertz CT molecular complexity index is 813. The number of alkyl halides is 1. The van der Waals surface area contributed by atoms with Gasteiger partial charge in [0.25, 0.3) is 0 Å². The topological polar surface area (TPSA) is 109 Å². The maximum Gasteiger partial charge on any atom is 0.318 e. The third-order valence-electron chi connectivity index (χ3n) is 4.47. The Hall–Kier alpha value is -1.86. The van der Waals surface area contributed by atoms with Crippen LogP contribution in [0.5, 0.6) is 0 Å².